The van der Waals surface area contributed by atoms with E-state index in [9.17, 15) is 13.6 Å². The van der Waals surface area contributed by atoms with Gasteiger partial charge in [-0.1, -0.05) is 27.6 Å². The molecule has 0 radical (unpaired) electrons. The number of rotatable bonds is 2. The lowest BCUT2D eigenvalue weighted by Crippen LogP contribution is -2.07. The van der Waals surface area contributed by atoms with Crippen LogP contribution in [0.5, 0.6) is 0 Å². The van der Waals surface area contributed by atoms with Crippen LogP contribution in [0.4, 0.5) is 8.78 Å². The smallest absolute Gasteiger partial charge is 0.197 e. The van der Waals surface area contributed by atoms with Crippen molar-refractivity contribution in [2.24, 2.45) is 0 Å². The molecule has 98 valence electrons. The van der Waals surface area contributed by atoms with Crippen LogP contribution in [0.15, 0.2) is 34.8 Å². The van der Waals surface area contributed by atoms with Gasteiger partial charge in [0.05, 0.1) is 5.56 Å². The lowest BCUT2D eigenvalue weighted by molar-refractivity contribution is 0.103. The van der Waals surface area contributed by atoms with Gasteiger partial charge in [0.1, 0.15) is 11.6 Å². The number of carbonyl (C=O) groups excluding carboxylic acids is 1. The molecule has 0 aliphatic rings. The van der Waals surface area contributed by atoms with E-state index in [1.54, 1.807) is 12.1 Å². The van der Waals surface area contributed by atoms with Gasteiger partial charge in [0.25, 0.3) is 0 Å². The number of ketones is 1. The first-order valence-corrected chi connectivity index (χ1v) is 6.46. The Hall–Kier alpha value is -1.55. The van der Waals surface area contributed by atoms with E-state index in [4.69, 9.17) is 0 Å². The highest BCUT2D eigenvalue weighted by Crippen LogP contribution is 2.24. The fourth-order valence-corrected chi connectivity index (χ4v) is 2.21. The van der Waals surface area contributed by atoms with Crippen LogP contribution in [0.2, 0.25) is 0 Å². The van der Waals surface area contributed by atoms with Gasteiger partial charge in [-0.25, -0.2) is 8.78 Å². The third-order valence-corrected chi connectivity index (χ3v) is 3.55. The monoisotopic (exact) mass is 324 g/mol. The fraction of sp³-hybridized carbons (Fsp3) is 0.133. The first-order chi connectivity index (χ1) is 8.90. The summed E-state index contributed by atoms with van der Waals surface area (Å²) in [5.41, 5.74) is 1.12. The standard InChI is InChI=1S/C15H11BrF2O/c1-8-3-4-12(16)10(5-8)15(19)11-7-13(17)9(2)6-14(11)18/h3-7H,1-2H3. The Bertz CT molecular complexity index is 665. The van der Waals surface area contributed by atoms with Crippen LogP contribution in [0.3, 0.4) is 0 Å². The van der Waals surface area contributed by atoms with Crippen LogP contribution in [0, 0.1) is 25.5 Å². The molecular weight excluding hydrogens is 314 g/mol. The second-order valence-corrected chi connectivity index (χ2v) is 5.25. The van der Waals surface area contributed by atoms with Crippen LogP contribution in [-0.4, -0.2) is 5.78 Å². The first-order valence-electron chi connectivity index (χ1n) is 5.66. The Morgan fingerprint density at radius 3 is 2.37 bits per heavy atom. The van der Waals surface area contributed by atoms with Crippen molar-refractivity contribution in [3.8, 4) is 0 Å². The highest BCUT2D eigenvalue weighted by molar-refractivity contribution is 9.10. The van der Waals surface area contributed by atoms with Crippen LogP contribution in [0.1, 0.15) is 27.0 Å². The van der Waals surface area contributed by atoms with Gasteiger partial charge in [0.2, 0.25) is 0 Å². The summed E-state index contributed by atoms with van der Waals surface area (Å²) in [7, 11) is 0. The van der Waals surface area contributed by atoms with E-state index in [1.807, 2.05) is 13.0 Å². The summed E-state index contributed by atoms with van der Waals surface area (Å²) < 4.78 is 27.8. The molecule has 2 aromatic rings. The fourth-order valence-electron chi connectivity index (χ4n) is 1.78. The summed E-state index contributed by atoms with van der Waals surface area (Å²) in [4.78, 5) is 12.3. The summed E-state index contributed by atoms with van der Waals surface area (Å²) in [6.45, 7) is 3.28. The molecule has 2 rings (SSSR count). The normalized spacial score (nSPS) is 10.6. The molecule has 0 unspecified atom stereocenters. The number of benzene rings is 2. The zero-order valence-corrected chi connectivity index (χ0v) is 12.0. The third-order valence-electron chi connectivity index (χ3n) is 2.86. The number of halogens is 3. The number of hydrogen-bond donors (Lipinski definition) is 0. The zero-order chi connectivity index (χ0) is 14.2. The molecule has 0 amide bonds. The van der Waals surface area contributed by atoms with E-state index >= 15 is 0 Å². The number of hydrogen-bond acceptors (Lipinski definition) is 1. The van der Waals surface area contributed by atoms with Crippen molar-refractivity contribution in [3.05, 3.63) is 68.7 Å². The zero-order valence-electron chi connectivity index (χ0n) is 10.4. The Morgan fingerprint density at radius 1 is 1.00 bits per heavy atom. The Labute approximate surface area is 118 Å². The summed E-state index contributed by atoms with van der Waals surface area (Å²) in [6, 6.07) is 7.16. The average molecular weight is 325 g/mol. The molecule has 0 heterocycles. The van der Waals surface area contributed by atoms with Gasteiger partial charge in [0, 0.05) is 10.0 Å². The van der Waals surface area contributed by atoms with E-state index in [0.29, 0.717) is 10.0 Å². The Balaban J connectivity index is 2.56. The van der Waals surface area contributed by atoms with Crippen LogP contribution in [0.25, 0.3) is 0 Å². The molecule has 0 saturated carbocycles. The van der Waals surface area contributed by atoms with Crippen molar-refractivity contribution >= 4 is 21.7 Å². The molecule has 4 heteroatoms. The van der Waals surface area contributed by atoms with Crippen LogP contribution < -0.4 is 0 Å². The molecule has 0 aliphatic carbocycles. The molecule has 0 fully saturated rings. The maximum absolute atomic E-state index is 13.8. The lowest BCUT2D eigenvalue weighted by Gasteiger charge is -2.07. The summed E-state index contributed by atoms with van der Waals surface area (Å²) in [5, 5.41) is 0. The van der Waals surface area contributed by atoms with E-state index in [1.165, 1.54) is 6.92 Å². The highest BCUT2D eigenvalue weighted by atomic mass is 79.9. The van der Waals surface area contributed by atoms with Crippen molar-refractivity contribution in [3.63, 3.8) is 0 Å². The molecule has 0 N–H and O–H groups in total. The SMILES string of the molecule is Cc1ccc(Br)c(C(=O)c2cc(F)c(C)cc2F)c1. The van der Waals surface area contributed by atoms with Crippen molar-refractivity contribution in [2.75, 3.05) is 0 Å². The van der Waals surface area contributed by atoms with E-state index in [2.05, 4.69) is 15.9 Å². The predicted octanol–water partition coefficient (Wildman–Crippen LogP) is 4.58. The molecule has 0 bridgehead atoms. The van der Waals surface area contributed by atoms with Crippen molar-refractivity contribution in [1.29, 1.82) is 0 Å². The van der Waals surface area contributed by atoms with Crippen molar-refractivity contribution in [2.45, 2.75) is 13.8 Å². The van der Waals surface area contributed by atoms with Gasteiger partial charge >= 0.3 is 0 Å². The molecule has 0 saturated heterocycles. The molecule has 0 aliphatic heterocycles. The molecular formula is C15H11BrF2O. The highest BCUT2D eigenvalue weighted by Gasteiger charge is 2.18. The summed E-state index contributed by atoms with van der Waals surface area (Å²) in [6.07, 6.45) is 0. The van der Waals surface area contributed by atoms with Gasteiger partial charge in [0.15, 0.2) is 5.78 Å². The molecule has 1 nitrogen and oxygen atoms in total. The van der Waals surface area contributed by atoms with Gasteiger partial charge < -0.3 is 0 Å². The molecule has 0 aromatic heterocycles. The quantitative estimate of drug-likeness (QED) is 0.739. The minimum absolute atomic E-state index is 0.178. The van der Waals surface area contributed by atoms with Gasteiger partial charge in [-0.05, 0) is 43.7 Å². The molecule has 19 heavy (non-hydrogen) atoms. The molecule has 2 aromatic carbocycles. The van der Waals surface area contributed by atoms with E-state index in [0.717, 1.165) is 17.7 Å². The second-order valence-electron chi connectivity index (χ2n) is 4.39. The van der Waals surface area contributed by atoms with Crippen LogP contribution in [-0.2, 0) is 0 Å². The largest absolute Gasteiger partial charge is 0.288 e. The van der Waals surface area contributed by atoms with Crippen molar-refractivity contribution in [1.82, 2.24) is 0 Å². The van der Waals surface area contributed by atoms with Gasteiger partial charge in [-0.2, -0.15) is 0 Å². The summed E-state index contributed by atoms with van der Waals surface area (Å²) >= 11 is 3.25. The first kappa shape index (κ1) is 13.9. The molecule has 0 spiro atoms. The number of aryl methyl sites for hydroxylation is 2. The van der Waals surface area contributed by atoms with Gasteiger partial charge in [-0.15, -0.1) is 0 Å². The number of carbonyl (C=O) groups is 1. The second kappa shape index (κ2) is 5.21. The predicted molar refractivity (Wildman–Crippen MR) is 73.4 cm³/mol. The van der Waals surface area contributed by atoms with Crippen LogP contribution >= 0.6 is 15.9 Å². The summed E-state index contributed by atoms with van der Waals surface area (Å²) in [5.74, 6) is -1.84. The third kappa shape index (κ3) is 2.73. The average Bonchev–Trinajstić information content (AvgIpc) is 2.36. The topological polar surface area (TPSA) is 17.1 Å². The maximum Gasteiger partial charge on any atom is 0.197 e. The molecule has 0 atom stereocenters. The van der Waals surface area contributed by atoms with E-state index < -0.39 is 17.4 Å². The Morgan fingerprint density at radius 2 is 1.68 bits per heavy atom. The van der Waals surface area contributed by atoms with Crippen molar-refractivity contribution < 1.29 is 13.6 Å². The van der Waals surface area contributed by atoms with Gasteiger partial charge in [-0.3, -0.25) is 4.79 Å². The lowest BCUT2D eigenvalue weighted by atomic mass is 10.00. The Kier molecular flexibility index (Phi) is 3.80. The minimum Gasteiger partial charge on any atom is -0.288 e. The minimum atomic E-state index is -0.711. The van der Waals surface area contributed by atoms with E-state index in [-0.39, 0.29) is 11.1 Å². The maximum atomic E-state index is 13.8.